The van der Waals surface area contributed by atoms with Crippen molar-refractivity contribution in [3.05, 3.63) is 40.2 Å². The highest BCUT2D eigenvalue weighted by atomic mass is 16.5. The molecule has 1 N–H and O–H groups in total. The Hall–Kier alpha value is -1.81. The van der Waals surface area contributed by atoms with Crippen LogP contribution in [-0.4, -0.2) is 16.8 Å². The van der Waals surface area contributed by atoms with Crippen LogP contribution in [0.5, 0.6) is 5.75 Å². The summed E-state index contributed by atoms with van der Waals surface area (Å²) in [7, 11) is 3.42. The minimum Gasteiger partial charge on any atom is -0.497 e. The summed E-state index contributed by atoms with van der Waals surface area (Å²) in [6.45, 7) is -0.241. The minimum atomic E-state index is -0.241. The van der Waals surface area contributed by atoms with Crippen LogP contribution in [0, 0.1) is 0 Å². The lowest BCUT2D eigenvalue weighted by atomic mass is 10.1. The number of aliphatic hydroxyl groups is 1. The smallest absolute Gasteiger partial charge is 0.194 e. The second-order valence-corrected chi connectivity index (χ2v) is 3.64. The first-order chi connectivity index (χ1) is 7.67. The van der Waals surface area contributed by atoms with E-state index in [1.54, 1.807) is 31.5 Å². The van der Waals surface area contributed by atoms with E-state index in [0.717, 1.165) is 5.52 Å². The highest BCUT2D eigenvalue weighted by Gasteiger charge is 2.07. The van der Waals surface area contributed by atoms with E-state index in [-0.39, 0.29) is 12.0 Å². The third kappa shape index (κ3) is 1.57. The normalized spacial score (nSPS) is 10.7. The highest BCUT2D eigenvalue weighted by molar-refractivity contribution is 5.81. The molecular weight excluding hydrogens is 206 g/mol. The van der Waals surface area contributed by atoms with Gasteiger partial charge < -0.3 is 14.4 Å². The number of aryl methyl sites for hydroxylation is 1. The molecule has 0 radical (unpaired) electrons. The Labute approximate surface area is 92.7 Å². The van der Waals surface area contributed by atoms with E-state index in [1.165, 1.54) is 0 Å². The highest BCUT2D eigenvalue weighted by Crippen LogP contribution is 2.18. The number of aliphatic hydroxyl groups excluding tert-OH is 1. The van der Waals surface area contributed by atoms with Crippen molar-refractivity contribution in [1.29, 1.82) is 0 Å². The summed E-state index contributed by atoms with van der Waals surface area (Å²) in [5, 5.41) is 9.66. The molecule has 1 heterocycles. The van der Waals surface area contributed by atoms with Gasteiger partial charge in [-0.05, 0) is 12.1 Å². The lowest BCUT2D eigenvalue weighted by Crippen LogP contribution is -2.13. The molecule has 0 atom stereocenters. The standard InChI is InChI=1S/C12H13NO3/c1-13-6-8(7-14)12(15)10-4-3-9(16-2)5-11(10)13/h3-6,14H,7H2,1-2H3. The number of rotatable bonds is 2. The van der Waals surface area contributed by atoms with Gasteiger partial charge in [0.15, 0.2) is 5.43 Å². The monoisotopic (exact) mass is 219 g/mol. The van der Waals surface area contributed by atoms with E-state index in [9.17, 15) is 4.79 Å². The van der Waals surface area contributed by atoms with Gasteiger partial charge >= 0.3 is 0 Å². The average Bonchev–Trinajstić information content (AvgIpc) is 2.33. The molecule has 2 rings (SSSR count). The Balaban J connectivity index is 2.84. The number of ether oxygens (including phenoxy) is 1. The first-order valence-electron chi connectivity index (χ1n) is 4.94. The van der Waals surface area contributed by atoms with E-state index in [0.29, 0.717) is 16.7 Å². The molecule has 0 saturated heterocycles. The molecule has 1 aromatic carbocycles. The molecule has 0 unspecified atom stereocenters. The Bertz CT molecular complexity index is 587. The fourth-order valence-electron chi connectivity index (χ4n) is 1.77. The molecule has 0 aliphatic rings. The summed E-state index contributed by atoms with van der Waals surface area (Å²) in [6.07, 6.45) is 1.64. The van der Waals surface area contributed by atoms with Crippen LogP contribution >= 0.6 is 0 Å². The zero-order chi connectivity index (χ0) is 11.7. The van der Waals surface area contributed by atoms with Crippen LogP contribution in [0.2, 0.25) is 0 Å². The van der Waals surface area contributed by atoms with E-state index >= 15 is 0 Å². The quantitative estimate of drug-likeness (QED) is 0.821. The zero-order valence-corrected chi connectivity index (χ0v) is 9.23. The third-order valence-corrected chi connectivity index (χ3v) is 2.64. The van der Waals surface area contributed by atoms with Gasteiger partial charge in [-0.15, -0.1) is 0 Å². The summed E-state index contributed by atoms with van der Waals surface area (Å²) in [4.78, 5) is 11.9. The number of aromatic nitrogens is 1. The molecule has 0 bridgehead atoms. The fourth-order valence-corrected chi connectivity index (χ4v) is 1.77. The maximum Gasteiger partial charge on any atom is 0.194 e. The molecule has 0 spiro atoms. The van der Waals surface area contributed by atoms with Gasteiger partial charge in [0.2, 0.25) is 0 Å². The molecule has 0 aliphatic heterocycles. The third-order valence-electron chi connectivity index (χ3n) is 2.64. The van der Waals surface area contributed by atoms with Gasteiger partial charge in [0.25, 0.3) is 0 Å². The Morgan fingerprint density at radius 2 is 2.19 bits per heavy atom. The maximum absolute atomic E-state index is 11.9. The molecule has 4 nitrogen and oxygen atoms in total. The van der Waals surface area contributed by atoms with Gasteiger partial charge in [-0.1, -0.05) is 0 Å². The van der Waals surface area contributed by atoms with Crippen molar-refractivity contribution < 1.29 is 9.84 Å². The molecule has 0 amide bonds. The maximum atomic E-state index is 11.9. The van der Waals surface area contributed by atoms with Crippen molar-refractivity contribution in [3.63, 3.8) is 0 Å². The zero-order valence-electron chi connectivity index (χ0n) is 9.23. The van der Waals surface area contributed by atoms with Crippen molar-refractivity contribution >= 4 is 10.9 Å². The van der Waals surface area contributed by atoms with Crippen LogP contribution in [0.15, 0.2) is 29.2 Å². The van der Waals surface area contributed by atoms with Gasteiger partial charge in [-0.3, -0.25) is 4.79 Å². The van der Waals surface area contributed by atoms with Crippen LogP contribution in [0.4, 0.5) is 0 Å². The average molecular weight is 219 g/mol. The van der Waals surface area contributed by atoms with Crippen LogP contribution in [-0.2, 0) is 13.7 Å². The number of hydrogen-bond acceptors (Lipinski definition) is 3. The number of fused-ring (bicyclic) bond motifs is 1. The van der Waals surface area contributed by atoms with Crippen LogP contribution in [0.1, 0.15) is 5.56 Å². The van der Waals surface area contributed by atoms with Crippen molar-refractivity contribution in [2.24, 2.45) is 7.05 Å². The molecule has 2 aromatic rings. The minimum absolute atomic E-state index is 0.127. The number of benzene rings is 1. The largest absolute Gasteiger partial charge is 0.497 e. The Morgan fingerprint density at radius 3 is 2.81 bits per heavy atom. The predicted molar refractivity (Wildman–Crippen MR) is 61.7 cm³/mol. The van der Waals surface area contributed by atoms with Gasteiger partial charge in [-0.2, -0.15) is 0 Å². The molecule has 4 heteroatoms. The van der Waals surface area contributed by atoms with Crippen molar-refractivity contribution in [2.45, 2.75) is 6.61 Å². The molecule has 0 fully saturated rings. The summed E-state index contributed by atoms with van der Waals surface area (Å²) in [6, 6.07) is 5.26. The molecule has 84 valence electrons. The molecule has 1 aromatic heterocycles. The lowest BCUT2D eigenvalue weighted by Gasteiger charge is -2.09. The van der Waals surface area contributed by atoms with Gasteiger partial charge in [0, 0.05) is 30.3 Å². The summed E-state index contributed by atoms with van der Waals surface area (Å²) >= 11 is 0. The Morgan fingerprint density at radius 1 is 1.44 bits per heavy atom. The van der Waals surface area contributed by atoms with Crippen molar-refractivity contribution in [1.82, 2.24) is 4.57 Å². The van der Waals surface area contributed by atoms with Crippen molar-refractivity contribution in [3.8, 4) is 5.75 Å². The second kappa shape index (κ2) is 3.98. The topological polar surface area (TPSA) is 51.5 Å². The van der Waals surface area contributed by atoms with Gasteiger partial charge in [0.1, 0.15) is 5.75 Å². The molecular formula is C12H13NO3. The van der Waals surface area contributed by atoms with Crippen LogP contribution in [0.3, 0.4) is 0 Å². The van der Waals surface area contributed by atoms with Gasteiger partial charge in [0.05, 0.1) is 19.2 Å². The number of methoxy groups -OCH3 is 1. The SMILES string of the molecule is COc1ccc2c(=O)c(CO)cn(C)c2c1. The number of nitrogens with zero attached hydrogens (tertiary/aromatic N) is 1. The van der Waals surface area contributed by atoms with E-state index in [4.69, 9.17) is 9.84 Å². The van der Waals surface area contributed by atoms with Gasteiger partial charge in [-0.25, -0.2) is 0 Å². The van der Waals surface area contributed by atoms with E-state index in [2.05, 4.69) is 0 Å². The first kappa shape index (κ1) is 10.7. The van der Waals surface area contributed by atoms with E-state index < -0.39 is 0 Å². The summed E-state index contributed by atoms with van der Waals surface area (Å²) < 4.78 is 6.92. The number of hydrogen-bond donors (Lipinski definition) is 1. The second-order valence-electron chi connectivity index (χ2n) is 3.64. The summed E-state index contributed by atoms with van der Waals surface area (Å²) in [5.41, 5.74) is 1.07. The molecule has 0 aliphatic carbocycles. The summed E-state index contributed by atoms with van der Waals surface area (Å²) in [5.74, 6) is 0.708. The molecule has 0 saturated carbocycles. The van der Waals surface area contributed by atoms with Crippen LogP contribution < -0.4 is 10.2 Å². The van der Waals surface area contributed by atoms with Crippen LogP contribution in [0.25, 0.3) is 10.9 Å². The lowest BCUT2D eigenvalue weighted by molar-refractivity contribution is 0.280. The Kier molecular flexibility index (Phi) is 2.66. The first-order valence-corrected chi connectivity index (χ1v) is 4.94. The van der Waals surface area contributed by atoms with E-state index in [1.807, 2.05) is 11.6 Å². The molecule has 16 heavy (non-hydrogen) atoms. The number of pyridine rings is 1. The van der Waals surface area contributed by atoms with Crippen molar-refractivity contribution in [2.75, 3.05) is 7.11 Å². The predicted octanol–water partition coefficient (Wildman–Crippen LogP) is 1.04. The fraction of sp³-hybridized carbons (Fsp3) is 0.250.